The highest BCUT2D eigenvalue weighted by Gasteiger charge is 2.22. The normalized spacial score (nSPS) is 11.5. The molecule has 138 valence electrons. The molecule has 0 atom stereocenters. The third-order valence-corrected chi connectivity index (χ3v) is 4.67. The number of aromatic nitrogens is 6. The first-order valence-electron chi connectivity index (χ1n) is 8.84. The maximum Gasteiger partial charge on any atom is 0.246 e. The van der Waals surface area contributed by atoms with Gasteiger partial charge in [0.05, 0.1) is 22.3 Å². The van der Waals surface area contributed by atoms with Gasteiger partial charge in [-0.3, -0.25) is 0 Å². The molecule has 0 spiro atoms. The largest absolute Gasteiger partial charge is 0.492 e. The van der Waals surface area contributed by atoms with E-state index in [4.69, 9.17) is 0 Å². The van der Waals surface area contributed by atoms with Gasteiger partial charge in [0.1, 0.15) is 5.82 Å². The van der Waals surface area contributed by atoms with Gasteiger partial charge in [0.25, 0.3) is 0 Å². The molecule has 0 aliphatic rings. The van der Waals surface area contributed by atoms with E-state index >= 15 is 0 Å². The second-order valence-electron chi connectivity index (χ2n) is 6.39. The van der Waals surface area contributed by atoms with Crippen molar-refractivity contribution < 1.29 is 9.50 Å². The summed E-state index contributed by atoms with van der Waals surface area (Å²) in [5, 5.41) is 23.8. The van der Waals surface area contributed by atoms with Crippen LogP contribution in [0.1, 0.15) is 12.6 Å². The van der Waals surface area contributed by atoms with Crippen LogP contribution in [0.15, 0.2) is 48.5 Å². The first-order valence-corrected chi connectivity index (χ1v) is 8.84. The van der Waals surface area contributed by atoms with Crippen molar-refractivity contribution in [2.24, 2.45) is 0 Å². The van der Waals surface area contributed by atoms with Crippen LogP contribution in [0.5, 0.6) is 5.88 Å². The fourth-order valence-corrected chi connectivity index (χ4v) is 3.31. The highest BCUT2D eigenvalue weighted by atomic mass is 19.1. The summed E-state index contributed by atoms with van der Waals surface area (Å²) in [6, 6.07) is 13.6. The fourth-order valence-electron chi connectivity index (χ4n) is 3.31. The van der Waals surface area contributed by atoms with E-state index in [0.717, 1.165) is 27.9 Å². The number of hydrogen-bond donors (Lipinski definition) is 2. The van der Waals surface area contributed by atoms with Crippen molar-refractivity contribution in [1.82, 2.24) is 29.8 Å². The minimum Gasteiger partial charge on any atom is -0.492 e. The van der Waals surface area contributed by atoms with Gasteiger partial charge in [-0.1, -0.05) is 31.2 Å². The molecule has 0 saturated carbocycles. The number of imidazole rings is 1. The van der Waals surface area contributed by atoms with Crippen molar-refractivity contribution in [3.05, 3.63) is 60.0 Å². The lowest BCUT2D eigenvalue weighted by Gasteiger charge is -2.03. The van der Waals surface area contributed by atoms with E-state index in [-0.39, 0.29) is 17.4 Å². The Labute approximate surface area is 158 Å². The Bertz CT molecular complexity index is 1290. The zero-order valence-electron chi connectivity index (χ0n) is 14.9. The molecule has 0 bridgehead atoms. The Balaban J connectivity index is 1.73. The van der Waals surface area contributed by atoms with E-state index in [1.54, 1.807) is 12.1 Å². The summed E-state index contributed by atoms with van der Waals surface area (Å²) in [5.41, 5.74) is 4.43. The van der Waals surface area contributed by atoms with Crippen LogP contribution in [0.2, 0.25) is 0 Å². The number of H-pyrrole nitrogens is 1. The first kappa shape index (κ1) is 16.4. The zero-order valence-corrected chi connectivity index (χ0v) is 14.9. The lowest BCUT2D eigenvalue weighted by atomic mass is 10.0. The van der Waals surface area contributed by atoms with E-state index in [2.05, 4.69) is 25.3 Å². The molecule has 0 aliphatic heterocycles. The van der Waals surface area contributed by atoms with Crippen LogP contribution in [-0.4, -0.2) is 34.9 Å². The fraction of sp³-hybridized carbons (Fsp3) is 0.100. The molecule has 0 unspecified atom stereocenters. The topological polar surface area (TPSA) is 92.0 Å². The quantitative estimate of drug-likeness (QED) is 0.502. The predicted octanol–water partition coefficient (Wildman–Crippen LogP) is 3.74. The van der Waals surface area contributed by atoms with E-state index in [1.807, 2.05) is 31.2 Å². The third kappa shape index (κ3) is 2.42. The Morgan fingerprint density at radius 3 is 2.61 bits per heavy atom. The molecule has 7 nitrogen and oxygen atoms in total. The van der Waals surface area contributed by atoms with Crippen LogP contribution in [0.3, 0.4) is 0 Å². The number of nitrogens with zero attached hydrogens (tertiary/aromatic N) is 5. The lowest BCUT2D eigenvalue weighted by Crippen LogP contribution is -1.99. The summed E-state index contributed by atoms with van der Waals surface area (Å²) in [6.45, 7) is 1.96. The molecule has 0 saturated heterocycles. The number of benzene rings is 2. The minimum atomic E-state index is -0.320. The van der Waals surface area contributed by atoms with Crippen molar-refractivity contribution >= 4 is 16.7 Å². The van der Waals surface area contributed by atoms with Crippen LogP contribution >= 0.6 is 0 Å². The highest BCUT2D eigenvalue weighted by molar-refractivity contribution is 5.82. The molecule has 3 heterocycles. The molecule has 3 aromatic heterocycles. The van der Waals surface area contributed by atoms with Gasteiger partial charge in [0.2, 0.25) is 5.88 Å². The Morgan fingerprint density at radius 2 is 1.86 bits per heavy atom. The average Bonchev–Trinajstić information content (AvgIpc) is 3.30. The molecule has 0 amide bonds. The summed E-state index contributed by atoms with van der Waals surface area (Å²) in [6.07, 6.45) is 0.621. The molecule has 5 rings (SSSR count). The van der Waals surface area contributed by atoms with Gasteiger partial charge in [-0.2, -0.15) is 9.61 Å². The van der Waals surface area contributed by atoms with Gasteiger partial charge in [-0.05, 0) is 36.2 Å². The zero-order chi connectivity index (χ0) is 19.3. The second-order valence-corrected chi connectivity index (χ2v) is 6.39. The summed E-state index contributed by atoms with van der Waals surface area (Å²) in [5.74, 6) is -0.0727. The van der Waals surface area contributed by atoms with E-state index in [0.29, 0.717) is 17.9 Å². The molecular weight excluding hydrogens is 359 g/mol. The standard InChI is InChI=1S/C20H15FN6O/c1-2-13-16(11-7-9-12(21)10-8-11)19-25-24-17(20(28)27(19)26-13)18-22-14-5-3-4-6-15(14)23-18/h3-10,28H,2H2,1H3,(H,22,23). The van der Waals surface area contributed by atoms with Gasteiger partial charge >= 0.3 is 0 Å². The maximum atomic E-state index is 13.3. The second kappa shape index (κ2) is 6.12. The number of fused-ring (bicyclic) bond motifs is 2. The number of halogens is 1. The molecule has 28 heavy (non-hydrogen) atoms. The lowest BCUT2D eigenvalue weighted by molar-refractivity contribution is 0.432. The van der Waals surface area contributed by atoms with Crippen molar-refractivity contribution in [2.75, 3.05) is 0 Å². The summed E-state index contributed by atoms with van der Waals surface area (Å²) < 4.78 is 14.7. The number of nitrogens with one attached hydrogen (secondary N) is 1. The van der Waals surface area contributed by atoms with Crippen LogP contribution in [0.25, 0.3) is 39.3 Å². The van der Waals surface area contributed by atoms with E-state index in [9.17, 15) is 9.50 Å². The molecule has 0 fully saturated rings. The third-order valence-electron chi connectivity index (χ3n) is 4.67. The van der Waals surface area contributed by atoms with Gasteiger partial charge < -0.3 is 10.1 Å². The molecule has 2 N–H and O–H groups in total. The SMILES string of the molecule is CCc1nn2c(O)c(-c3nc4ccccc4[nH]3)nnc2c1-c1ccc(F)cc1. The number of aromatic amines is 1. The Kier molecular flexibility index (Phi) is 3.58. The first-order chi connectivity index (χ1) is 13.7. The summed E-state index contributed by atoms with van der Waals surface area (Å²) in [4.78, 5) is 7.60. The molecular formula is C20H15FN6O. The Hall–Kier alpha value is -3.81. The van der Waals surface area contributed by atoms with Crippen molar-refractivity contribution in [2.45, 2.75) is 13.3 Å². The maximum absolute atomic E-state index is 13.3. The molecule has 0 aliphatic carbocycles. The van der Waals surface area contributed by atoms with Crippen LogP contribution < -0.4 is 0 Å². The van der Waals surface area contributed by atoms with Crippen molar-refractivity contribution in [3.63, 3.8) is 0 Å². The molecule has 5 aromatic rings. The van der Waals surface area contributed by atoms with Crippen LogP contribution in [0, 0.1) is 5.82 Å². The Morgan fingerprint density at radius 1 is 1.07 bits per heavy atom. The van der Waals surface area contributed by atoms with Crippen LogP contribution in [-0.2, 0) is 6.42 Å². The summed E-state index contributed by atoms with van der Waals surface area (Å²) >= 11 is 0. The summed E-state index contributed by atoms with van der Waals surface area (Å²) in [7, 11) is 0. The van der Waals surface area contributed by atoms with Gasteiger partial charge in [-0.25, -0.2) is 9.37 Å². The van der Waals surface area contributed by atoms with Gasteiger partial charge in [0.15, 0.2) is 17.2 Å². The van der Waals surface area contributed by atoms with Gasteiger partial charge in [0, 0.05) is 0 Å². The number of aryl methyl sites for hydroxylation is 1. The van der Waals surface area contributed by atoms with Crippen LogP contribution in [0.4, 0.5) is 4.39 Å². The van der Waals surface area contributed by atoms with E-state index < -0.39 is 0 Å². The number of aromatic hydroxyl groups is 1. The van der Waals surface area contributed by atoms with Crippen molar-refractivity contribution in [3.8, 4) is 28.5 Å². The molecule has 2 aromatic carbocycles. The number of rotatable bonds is 3. The van der Waals surface area contributed by atoms with Gasteiger partial charge in [-0.15, -0.1) is 10.2 Å². The highest BCUT2D eigenvalue weighted by Crippen LogP contribution is 2.33. The number of hydrogen-bond acceptors (Lipinski definition) is 5. The van der Waals surface area contributed by atoms with E-state index in [1.165, 1.54) is 16.6 Å². The number of para-hydroxylation sites is 2. The smallest absolute Gasteiger partial charge is 0.246 e. The molecule has 0 radical (unpaired) electrons. The predicted molar refractivity (Wildman–Crippen MR) is 102 cm³/mol. The molecule has 8 heteroatoms. The average molecular weight is 374 g/mol. The van der Waals surface area contributed by atoms with Crippen molar-refractivity contribution in [1.29, 1.82) is 0 Å². The monoisotopic (exact) mass is 374 g/mol. The minimum absolute atomic E-state index is 0.160.